The Morgan fingerprint density at radius 3 is 2.38 bits per heavy atom. The van der Waals surface area contributed by atoms with E-state index < -0.39 is 0 Å². The summed E-state index contributed by atoms with van der Waals surface area (Å²) in [6.07, 6.45) is 0.817. The van der Waals surface area contributed by atoms with Crippen LogP contribution in [0.4, 0.5) is 5.13 Å². The van der Waals surface area contributed by atoms with Gasteiger partial charge in [-0.15, -0.1) is 21.5 Å². The lowest BCUT2D eigenvalue weighted by Gasteiger charge is -2.10. The molecule has 1 amide bonds. The molecule has 0 atom stereocenters. The number of carbonyl (C=O) groups is 1. The van der Waals surface area contributed by atoms with Crippen molar-refractivity contribution in [3.63, 3.8) is 0 Å². The second-order valence-electron chi connectivity index (χ2n) is 5.72. The number of aromatic nitrogens is 3. The summed E-state index contributed by atoms with van der Waals surface area (Å²) in [4.78, 5) is 14.1. The monoisotopic (exact) mass is 360 g/mol. The molecule has 3 rings (SSSR count). The number of rotatable bonds is 4. The SMILES string of the molecule is CCc1nnc(NC(=O)c2c(-n3c(C)ccc3C)sc(C)c2C)s1. The third-order valence-electron chi connectivity index (χ3n) is 4.06. The Morgan fingerprint density at radius 2 is 1.79 bits per heavy atom. The lowest BCUT2D eigenvalue weighted by molar-refractivity contribution is 0.102. The molecule has 7 heteroatoms. The van der Waals surface area contributed by atoms with Crippen LogP contribution in [0.2, 0.25) is 0 Å². The average Bonchev–Trinajstić information content (AvgIpc) is 3.19. The molecule has 0 fully saturated rings. The summed E-state index contributed by atoms with van der Waals surface area (Å²) in [5.41, 5.74) is 3.97. The van der Waals surface area contributed by atoms with Crippen molar-refractivity contribution in [1.29, 1.82) is 0 Å². The molecule has 3 aromatic rings. The first kappa shape index (κ1) is 16.9. The van der Waals surface area contributed by atoms with Crippen LogP contribution in [0.1, 0.15) is 44.1 Å². The quantitative estimate of drug-likeness (QED) is 0.748. The second-order valence-corrected chi connectivity index (χ2v) is 7.99. The molecular formula is C17H20N4OS2. The zero-order valence-electron chi connectivity index (χ0n) is 14.4. The summed E-state index contributed by atoms with van der Waals surface area (Å²) < 4.78 is 2.14. The molecule has 0 aliphatic heterocycles. The predicted octanol–water partition coefficient (Wildman–Crippen LogP) is 4.44. The number of amides is 1. The van der Waals surface area contributed by atoms with Crippen LogP contribution in [0, 0.1) is 27.7 Å². The Labute approximate surface area is 149 Å². The number of anilines is 1. The molecule has 0 unspecified atom stereocenters. The minimum Gasteiger partial charge on any atom is -0.309 e. The van der Waals surface area contributed by atoms with Crippen LogP contribution in [-0.2, 0) is 6.42 Å². The van der Waals surface area contributed by atoms with Gasteiger partial charge in [0.25, 0.3) is 5.91 Å². The van der Waals surface area contributed by atoms with Crippen LogP contribution in [0.15, 0.2) is 12.1 Å². The first-order valence-corrected chi connectivity index (χ1v) is 9.44. The summed E-state index contributed by atoms with van der Waals surface area (Å²) in [6, 6.07) is 4.14. The molecule has 24 heavy (non-hydrogen) atoms. The minimum atomic E-state index is -0.127. The third-order valence-corrected chi connectivity index (χ3v) is 6.23. The van der Waals surface area contributed by atoms with Crippen LogP contribution in [0.5, 0.6) is 0 Å². The summed E-state index contributed by atoms with van der Waals surface area (Å²) in [6.45, 7) is 10.2. The molecule has 0 aliphatic carbocycles. The summed E-state index contributed by atoms with van der Waals surface area (Å²) >= 11 is 3.07. The Balaban J connectivity index is 2.02. The zero-order valence-corrected chi connectivity index (χ0v) is 16.1. The van der Waals surface area contributed by atoms with Gasteiger partial charge in [-0.3, -0.25) is 10.1 Å². The normalized spacial score (nSPS) is 11.0. The number of carbonyl (C=O) groups excluding carboxylic acids is 1. The van der Waals surface area contributed by atoms with Gasteiger partial charge in [0.2, 0.25) is 5.13 Å². The van der Waals surface area contributed by atoms with Crippen LogP contribution >= 0.6 is 22.7 Å². The van der Waals surface area contributed by atoms with Crippen LogP contribution < -0.4 is 5.32 Å². The van der Waals surface area contributed by atoms with Crippen LogP contribution in [0.3, 0.4) is 0 Å². The number of aryl methyl sites for hydroxylation is 4. The van der Waals surface area contributed by atoms with Gasteiger partial charge < -0.3 is 4.57 Å². The zero-order chi connectivity index (χ0) is 17.4. The van der Waals surface area contributed by atoms with Gasteiger partial charge in [-0.25, -0.2) is 0 Å². The van der Waals surface area contributed by atoms with Crippen molar-refractivity contribution in [1.82, 2.24) is 14.8 Å². The Morgan fingerprint density at radius 1 is 1.12 bits per heavy atom. The molecule has 0 bridgehead atoms. The summed E-state index contributed by atoms with van der Waals surface area (Å²) in [7, 11) is 0. The smallest absolute Gasteiger partial charge is 0.260 e. The molecule has 0 saturated heterocycles. The number of thiophene rings is 1. The maximum Gasteiger partial charge on any atom is 0.260 e. The van der Waals surface area contributed by atoms with Gasteiger partial charge >= 0.3 is 0 Å². The molecule has 3 aromatic heterocycles. The Kier molecular flexibility index (Phi) is 4.56. The fourth-order valence-electron chi connectivity index (χ4n) is 2.63. The van der Waals surface area contributed by atoms with Crippen molar-refractivity contribution in [2.45, 2.75) is 41.0 Å². The standard InChI is InChI=1S/C17H20N4OS2/c1-6-13-19-20-17(24-13)18-15(22)14-11(4)12(5)23-16(14)21-9(2)7-8-10(21)3/h7-8H,6H2,1-5H3,(H,18,20,22). The van der Waals surface area contributed by atoms with E-state index in [1.807, 2.05) is 13.8 Å². The highest BCUT2D eigenvalue weighted by molar-refractivity contribution is 7.15. The van der Waals surface area contributed by atoms with Crippen molar-refractivity contribution >= 4 is 33.7 Å². The van der Waals surface area contributed by atoms with E-state index >= 15 is 0 Å². The van der Waals surface area contributed by atoms with E-state index in [2.05, 4.69) is 53.0 Å². The highest BCUT2D eigenvalue weighted by Gasteiger charge is 2.23. The van der Waals surface area contributed by atoms with E-state index in [1.165, 1.54) is 11.3 Å². The first-order valence-electron chi connectivity index (χ1n) is 7.81. The summed E-state index contributed by atoms with van der Waals surface area (Å²) in [5, 5.41) is 13.4. The van der Waals surface area contributed by atoms with E-state index in [4.69, 9.17) is 0 Å². The lowest BCUT2D eigenvalue weighted by Crippen LogP contribution is -2.15. The van der Waals surface area contributed by atoms with Crippen molar-refractivity contribution in [3.05, 3.63) is 44.5 Å². The molecule has 0 aliphatic rings. The Hall–Kier alpha value is -1.99. The minimum absolute atomic E-state index is 0.127. The van der Waals surface area contributed by atoms with Gasteiger partial charge in [-0.1, -0.05) is 18.3 Å². The van der Waals surface area contributed by atoms with E-state index in [-0.39, 0.29) is 5.91 Å². The fraction of sp³-hybridized carbons (Fsp3) is 0.353. The third kappa shape index (κ3) is 2.89. The molecular weight excluding hydrogens is 340 g/mol. The van der Waals surface area contributed by atoms with Gasteiger partial charge in [-0.2, -0.15) is 0 Å². The number of nitrogens with one attached hydrogen (secondary N) is 1. The number of hydrogen-bond donors (Lipinski definition) is 1. The van der Waals surface area contributed by atoms with Crippen molar-refractivity contribution in [2.75, 3.05) is 5.32 Å². The predicted molar refractivity (Wildman–Crippen MR) is 99.8 cm³/mol. The van der Waals surface area contributed by atoms with Gasteiger partial charge in [0.05, 0.1) is 5.56 Å². The van der Waals surface area contributed by atoms with Gasteiger partial charge in [0, 0.05) is 16.3 Å². The van der Waals surface area contributed by atoms with E-state index in [0.29, 0.717) is 10.7 Å². The van der Waals surface area contributed by atoms with Crippen molar-refractivity contribution in [3.8, 4) is 5.00 Å². The van der Waals surface area contributed by atoms with Gasteiger partial charge in [0.1, 0.15) is 10.0 Å². The molecule has 3 heterocycles. The molecule has 0 radical (unpaired) electrons. The first-order chi connectivity index (χ1) is 11.4. The van der Waals surface area contributed by atoms with Gasteiger partial charge in [0.15, 0.2) is 0 Å². The van der Waals surface area contributed by atoms with Gasteiger partial charge in [-0.05, 0) is 51.8 Å². The number of hydrogen-bond acceptors (Lipinski definition) is 5. The van der Waals surface area contributed by atoms with Crippen molar-refractivity contribution in [2.24, 2.45) is 0 Å². The molecule has 5 nitrogen and oxygen atoms in total. The molecule has 126 valence electrons. The average molecular weight is 361 g/mol. The highest BCUT2D eigenvalue weighted by atomic mass is 32.1. The fourth-order valence-corrected chi connectivity index (χ4v) is 4.58. The van der Waals surface area contributed by atoms with E-state index in [1.54, 1.807) is 11.3 Å². The molecule has 0 aromatic carbocycles. The molecule has 1 N–H and O–H groups in total. The van der Waals surface area contributed by atoms with Crippen molar-refractivity contribution < 1.29 is 4.79 Å². The summed E-state index contributed by atoms with van der Waals surface area (Å²) in [5.74, 6) is -0.127. The molecule has 0 spiro atoms. The maximum absolute atomic E-state index is 12.9. The topological polar surface area (TPSA) is 59.8 Å². The molecule has 0 saturated carbocycles. The van der Waals surface area contributed by atoms with E-state index in [0.717, 1.165) is 38.3 Å². The van der Waals surface area contributed by atoms with Crippen LogP contribution in [0.25, 0.3) is 5.00 Å². The maximum atomic E-state index is 12.9. The van der Waals surface area contributed by atoms with E-state index in [9.17, 15) is 4.79 Å². The lowest BCUT2D eigenvalue weighted by atomic mass is 10.1. The largest absolute Gasteiger partial charge is 0.309 e. The highest BCUT2D eigenvalue weighted by Crippen LogP contribution is 2.33. The number of nitrogens with zero attached hydrogens (tertiary/aromatic N) is 3. The van der Waals surface area contributed by atoms with Crippen LogP contribution in [-0.4, -0.2) is 20.7 Å². The Bertz CT molecular complexity index is 884. The second kappa shape index (κ2) is 6.49.